The molecule has 7 nitrogen and oxygen atoms in total. The van der Waals surface area contributed by atoms with Gasteiger partial charge in [-0.1, -0.05) is 18.2 Å². The van der Waals surface area contributed by atoms with Crippen molar-refractivity contribution in [3.63, 3.8) is 0 Å². The molecule has 1 atom stereocenters. The molecule has 0 fully saturated rings. The summed E-state index contributed by atoms with van der Waals surface area (Å²) in [7, 11) is 5.03. The second kappa shape index (κ2) is 10.7. The lowest BCUT2D eigenvalue weighted by molar-refractivity contribution is 0.0951. The van der Waals surface area contributed by atoms with Gasteiger partial charge in [0.1, 0.15) is 5.69 Å². The number of nitrogens with one attached hydrogen (secondary N) is 2. The third kappa shape index (κ3) is 5.11. The first kappa shape index (κ1) is 23.3. The Morgan fingerprint density at radius 2 is 1.80 bits per heavy atom. The van der Waals surface area contributed by atoms with Gasteiger partial charge in [-0.3, -0.25) is 4.79 Å². The van der Waals surface area contributed by atoms with Gasteiger partial charge in [-0.05, 0) is 44.3 Å². The van der Waals surface area contributed by atoms with Crippen LogP contribution in [0.25, 0.3) is 16.9 Å². The summed E-state index contributed by atoms with van der Waals surface area (Å²) in [6.45, 7) is 2.51. The zero-order valence-corrected chi connectivity index (χ0v) is 18.3. The van der Waals surface area contributed by atoms with E-state index in [-0.39, 0.29) is 24.4 Å². The topological polar surface area (TPSA) is 77.4 Å². The van der Waals surface area contributed by atoms with Gasteiger partial charge in [0.15, 0.2) is 11.5 Å². The second-order valence-electron chi connectivity index (χ2n) is 6.64. The molecule has 0 radical (unpaired) electrons. The number of ether oxygens (including phenoxy) is 2. The maximum atomic E-state index is 12.9. The highest BCUT2D eigenvalue weighted by Crippen LogP contribution is 2.33. The maximum absolute atomic E-state index is 12.9. The van der Waals surface area contributed by atoms with E-state index in [0.717, 1.165) is 11.3 Å². The van der Waals surface area contributed by atoms with Gasteiger partial charge < -0.3 is 20.1 Å². The average molecular weight is 431 g/mol. The second-order valence-corrected chi connectivity index (χ2v) is 6.64. The number of para-hydroxylation sites is 1. The summed E-state index contributed by atoms with van der Waals surface area (Å²) in [5.41, 5.74) is 2.70. The van der Waals surface area contributed by atoms with Gasteiger partial charge in [0, 0.05) is 24.3 Å². The number of rotatable bonds is 8. The zero-order valence-electron chi connectivity index (χ0n) is 17.5. The van der Waals surface area contributed by atoms with Gasteiger partial charge in [0.05, 0.1) is 25.5 Å². The van der Waals surface area contributed by atoms with Crippen molar-refractivity contribution in [1.29, 1.82) is 0 Å². The molecule has 0 saturated carbocycles. The van der Waals surface area contributed by atoms with Crippen molar-refractivity contribution < 1.29 is 14.3 Å². The molecule has 160 valence electrons. The van der Waals surface area contributed by atoms with Gasteiger partial charge >= 0.3 is 0 Å². The lowest BCUT2D eigenvalue weighted by Gasteiger charge is -2.12. The van der Waals surface area contributed by atoms with E-state index >= 15 is 0 Å². The van der Waals surface area contributed by atoms with Gasteiger partial charge in [0.2, 0.25) is 0 Å². The van der Waals surface area contributed by atoms with Crippen LogP contribution in [0.2, 0.25) is 0 Å². The number of halogens is 1. The van der Waals surface area contributed by atoms with Crippen molar-refractivity contribution >= 4 is 18.3 Å². The van der Waals surface area contributed by atoms with Crippen molar-refractivity contribution in [2.24, 2.45) is 0 Å². The minimum Gasteiger partial charge on any atom is -0.493 e. The zero-order chi connectivity index (χ0) is 20.8. The molecule has 0 bridgehead atoms. The number of benzene rings is 2. The number of hydrogen-bond donors (Lipinski definition) is 2. The highest BCUT2D eigenvalue weighted by Gasteiger charge is 2.20. The summed E-state index contributed by atoms with van der Waals surface area (Å²) in [6, 6.07) is 15.3. The first-order chi connectivity index (χ1) is 14.1. The fraction of sp³-hybridized carbons (Fsp3) is 0.273. The van der Waals surface area contributed by atoms with Crippen LogP contribution in [-0.4, -0.2) is 49.5 Å². The Morgan fingerprint density at radius 3 is 2.43 bits per heavy atom. The molecule has 1 heterocycles. The molecule has 0 aliphatic rings. The number of likely N-dealkylation sites (N-methyl/N-ethyl adjacent to an activating group) is 1. The van der Waals surface area contributed by atoms with E-state index in [1.54, 1.807) is 31.2 Å². The molecule has 8 heteroatoms. The molecule has 0 saturated heterocycles. The quantitative estimate of drug-likeness (QED) is 0.573. The minimum absolute atomic E-state index is 0. The number of nitrogens with zero attached hydrogens (tertiary/aromatic N) is 2. The third-order valence-corrected chi connectivity index (χ3v) is 4.70. The Hall–Kier alpha value is -3.03. The standard InChI is InChI=1S/C22H26N4O3.ClH/c1-15(23-2)13-24-22(27)18-14-26(17-8-6-5-7-9-17)25-21(18)16-10-11-19(28-3)20(12-16)29-4;/h5-12,14-15,23H,13H2,1-4H3,(H,24,27);1H. The molecule has 3 aromatic rings. The van der Waals surface area contributed by atoms with Gasteiger partial charge in [0.25, 0.3) is 5.91 Å². The summed E-state index contributed by atoms with van der Waals surface area (Å²) in [5.74, 6) is 1.01. The van der Waals surface area contributed by atoms with Crippen molar-refractivity contribution in [2.45, 2.75) is 13.0 Å². The van der Waals surface area contributed by atoms with Gasteiger partial charge in [-0.15, -0.1) is 12.4 Å². The normalized spacial score (nSPS) is 11.3. The van der Waals surface area contributed by atoms with E-state index in [4.69, 9.17) is 14.6 Å². The van der Waals surface area contributed by atoms with Crippen molar-refractivity contribution in [1.82, 2.24) is 20.4 Å². The smallest absolute Gasteiger partial charge is 0.255 e. The van der Waals surface area contributed by atoms with E-state index in [9.17, 15) is 4.79 Å². The van der Waals surface area contributed by atoms with Crippen LogP contribution in [0.5, 0.6) is 11.5 Å². The van der Waals surface area contributed by atoms with E-state index < -0.39 is 0 Å². The van der Waals surface area contributed by atoms with Crippen LogP contribution in [0.3, 0.4) is 0 Å². The van der Waals surface area contributed by atoms with E-state index in [1.165, 1.54) is 0 Å². The molecule has 0 aliphatic carbocycles. The van der Waals surface area contributed by atoms with Gasteiger partial charge in [-0.25, -0.2) is 4.68 Å². The number of hydrogen-bond acceptors (Lipinski definition) is 5. The number of amides is 1. The molecular formula is C22H27ClN4O3. The molecule has 1 aromatic heterocycles. The lowest BCUT2D eigenvalue weighted by atomic mass is 10.1. The van der Waals surface area contributed by atoms with E-state index in [1.807, 2.05) is 56.4 Å². The van der Waals surface area contributed by atoms with Crippen molar-refractivity contribution in [3.05, 3.63) is 60.3 Å². The molecule has 2 aromatic carbocycles. The van der Waals surface area contributed by atoms with E-state index in [2.05, 4.69) is 10.6 Å². The Bertz CT molecular complexity index is 976. The monoisotopic (exact) mass is 430 g/mol. The third-order valence-electron chi connectivity index (χ3n) is 4.70. The largest absolute Gasteiger partial charge is 0.493 e. The number of carbonyl (C=O) groups is 1. The first-order valence-corrected chi connectivity index (χ1v) is 9.40. The lowest BCUT2D eigenvalue weighted by Crippen LogP contribution is -2.37. The Labute approximate surface area is 182 Å². The summed E-state index contributed by atoms with van der Waals surface area (Å²) in [5, 5.41) is 10.8. The predicted octanol–water partition coefficient (Wildman–Crippen LogP) is 3.32. The van der Waals surface area contributed by atoms with Crippen molar-refractivity contribution in [2.75, 3.05) is 27.8 Å². The van der Waals surface area contributed by atoms with Crippen LogP contribution in [-0.2, 0) is 0 Å². The summed E-state index contributed by atoms with van der Waals surface area (Å²) >= 11 is 0. The molecule has 0 aliphatic heterocycles. The minimum atomic E-state index is -0.181. The van der Waals surface area contributed by atoms with Crippen molar-refractivity contribution in [3.8, 4) is 28.4 Å². The molecular weight excluding hydrogens is 404 g/mol. The summed E-state index contributed by atoms with van der Waals surface area (Å²) in [4.78, 5) is 12.9. The number of methoxy groups -OCH3 is 2. The van der Waals surface area contributed by atoms with Crippen LogP contribution in [0.15, 0.2) is 54.7 Å². The maximum Gasteiger partial charge on any atom is 0.255 e. The fourth-order valence-corrected chi connectivity index (χ4v) is 2.89. The molecule has 2 N–H and O–H groups in total. The Morgan fingerprint density at radius 1 is 1.10 bits per heavy atom. The Kier molecular flexibility index (Phi) is 8.26. The predicted molar refractivity (Wildman–Crippen MR) is 120 cm³/mol. The van der Waals surface area contributed by atoms with E-state index in [0.29, 0.717) is 29.3 Å². The van der Waals surface area contributed by atoms with Gasteiger partial charge in [-0.2, -0.15) is 5.10 Å². The van der Waals surface area contributed by atoms with Crippen LogP contribution >= 0.6 is 12.4 Å². The SMILES string of the molecule is CNC(C)CNC(=O)c1cn(-c2ccccc2)nc1-c1ccc(OC)c(OC)c1.Cl. The summed E-state index contributed by atoms with van der Waals surface area (Å²) in [6.07, 6.45) is 1.75. The van der Waals surface area contributed by atoms with Crippen LogP contribution in [0.4, 0.5) is 0 Å². The molecule has 1 unspecified atom stereocenters. The molecule has 3 rings (SSSR count). The molecule has 1 amide bonds. The molecule has 0 spiro atoms. The fourth-order valence-electron chi connectivity index (χ4n) is 2.89. The number of carbonyl (C=O) groups excluding carboxylic acids is 1. The summed E-state index contributed by atoms with van der Waals surface area (Å²) < 4.78 is 12.4. The van der Waals surface area contributed by atoms with Crippen LogP contribution in [0.1, 0.15) is 17.3 Å². The highest BCUT2D eigenvalue weighted by atomic mass is 35.5. The molecule has 30 heavy (non-hydrogen) atoms. The first-order valence-electron chi connectivity index (χ1n) is 9.40. The average Bonchev–Trinajstić information content (AvgIpc) is 3.22. The van der Waals surface area contributed by atoms with Crippen LogP contribution < -0.4 is 20.1 Å². The number of aromatic nitrogens is 2. The highest BCUT2D eigenvalue weighted by molar-refractivity contribution is 6.00. The van der Waals surface area contributed by atoms with Crippen LogP contribution in [0, 0.1) is 0 Å². The Balaban J connectivity index is 0.00000320.